The molecule has 0 saturated carbocycles. The van der Waals surface area contributed by atoms with Gasteiger partial charge < -0.3 is 4.74 Å². The predicted octanol–water partition coefficient (Wildman–Crippen LogP) is 4.18. The second kappa shape index (κ2) is 8.58. The Kier molecular flexibility index (Phi) is 6.69. The molecule has 0 aliphatic rings. The highest BCUT2D eigenvalue weighted by Crippen LogP contribution is 2.31. The van der Waals surface area contributed by atoms with Crippen molar-refractivity contribution in [1.82, 2.24) is 4.72 Å². The van der Waals surface area contributed by atoms with Crippen LogP contribution < -0.4 is 4.72 Å². The highest BCUT2D eigenvalue weighted by molar-refractivity contribution is 7.89. The minimum atomic E-state index is -3.96. The Morgan fingerprint density at radius 2 is 1.69 bits per heavy atom. The molecule has 1 N–H and O–H groups in total. The van der Waals surface area contributed by atoms with Gasteiger partial charge in [0.1, 0.15) is 0 Å². The van der Waals surface area contributed by atoms with Crippen molar-refractivity contribution in [2.24, 2.45) is 0 Å². The van der Waals surface area contributed by atoms with E-state index in [4.69, 9.17) is 27.9 Å². The molecule has 0 aromatic heterocycles. The highest BCUT2D eigenvalue weighted by Gasteiger charge is 2.21. The molecule has 0 saturated heterocycles. The molecule has 0 spiro atoms. The Balaban J connectivity index is 2.51. The molecule has 0 fully saturated rings. The average Bonchev–Trinajstić information content (AvgIpc) is 2.54. The Bertz CT molecular complexity index is 918. The fraction of sp³-hybridized carbons (Fsp3) is 0.167. The van der Waals surface area contributed by atoms with Gasteiger partial charge in [-0.2, -0.15) is 0 Å². The molecule has 2 rings (SSSR count). The smallest absolute Gasteiger partial charge is 0.332 e. The van der Waals surface area contributed by atoms with Crippen molar-refractivity contribution in [1.29, 1.82) is 0 Å². The lowest BCUT2D eigenvalue weighted by molar-refractivity contribution is -0.137. The van der Waals surface area contributed by atoms with E-state index in [9.17, 15) is 13.2 Å². The largest absolute Gasteiger partial charge is 0.463 e. The summed E-state index contributed by atoms with van der Waals surface area (Å²) >= 11 is 12.3. The fourth-order valence-electron chi connectivity index (χ4n) is 2.13. The quantitative estimate of drug-likeness (QED) is 0.569. The monoisotopic (exact) mass is 413 g/mol. The third kappa shape index (κ3) is 5.00. The van der Waals surface area contributed by atoms with Crippen LogP contribution in [0.4, 0.5) is 0 Å². The van der Waals surface area contributed by atoms with E-state index < -0.39 is 16.0 Å². The van der Waals surface area contributed by atoms with Crippen LogP contribution in [0.15, 0.2) is 53.4 Å². The molecule has 0 unspecified atom stereocenters. The topological polar surface area (TPSA) is 72.5 Å². The molecule has 2 aromatic carbocycles. The van der Waals surface area contributed by atoms with Crippen molar-refractivity contribution in [2.75, 3.05) is 6.61 Å². The van der Waals surface area contributed by atoms with Crippen LogP contribution in [0.25, 0.3) is 5.70 Å². The van der Waals surface area contributed by atoms with Gasteiger partial charge in [-0.1, -0.05) is 47.0 Å². The number of rotatable bonds is 6. The molecule has 0 radical (unpaired) electrons. The first-order valence-corrected chi connectivity index (χ1v) is 9.91. The molecular weight excluding hydrogens is 397 g/mol. The molecule has 138 valence electrons. The van der Waals surface area contributed by atoms with Gasteiger partial charge >= 0.3 is 5.97 Å². The number of halogens is 2. The van der Waals surface area contributed by atoms with Crippen LogP contribution in [-0.2, 0) is 19.6 Å². The van der Waals surface area contributed by atoms with Gasteiger partial charge in [-0.05, 0) is 38.1 Å². The Hall–Kier alpha value is -2.02. The number of aryl methyl sites for hydroxylation is 1. The van der Waals surface area contributed by atoms with Crippen molar-refractivity contribution in [3.05, 3.63) is 69.7 Å². The van der Waals surface area contributed by atoms with Crippen LogP contribution >= 0.6 is 23.2 Å². The van der Waals surface area contributed by atoms with E-state index in [0.717, 1.165) is 11.6 Å². The summed E-state index contributed by atoms with van der Waals surface area (Å²) in [4.78, 5) is 11.9. The SMILES string of the molecule is CCOC(=O)/C=C(\NS(=O)(=O)c1ccc(C)cc1)c1c(Cl)cccc1Cl. The lowest BCUT2D eigenvalue weighted by atomic mass is 10.1. The molecule has 8 heteroatoms. The molecule has 0 bridgehead atoms. The Morgan fingerprint density at radius 1 is 1.12 bits per heavy atom. The zero-order chi connectivity index (χ0) is 19.3. The lowest BCUT2D eigenvalue weighted by Crippen LogP contribution is -2.23. The van der Waals surface area contributed by atoms with Crippen LogP contribution in [0.3, 0.4) is 0 Å². The van der Waals surface area contributed by atoms with Crippen molar-refractivity contribution < 1.29 is 17.9 Å². The summed E-state index contributed by atoms with van der Waals surface area (Å²) in [5.41, 5.74) is 1.04. The minimum Gasteiger partial charge on any atom is -0.463 e. The molecule has 26 heavy (non-hydrogen) atoms. The number of esters is 1. The summed E-state index contributed by atoms with van der Waals surface area (Å²) in [7, 11) is -3.96. The summed E-state index contributed by atoms with van der Waals surface area (Å²) < 4.78 is 32.7. The zero-order valence-corrected chi connectivity index (χ0v) is 16.5. The van der Waals surface area contributed by atoms with E-state index in [1.54, 1.807) is 37.3 Å². The average molecular weight is 414 g/mol. The number of hydrogen-bond acceptors (Lipinski definition) is 4. The Labute approximate surface area is 162 Å². The van der Waals surface area contributed by atoms with Crippen molar-refractivity contribution >= 4 is 44.9 Å². The van der Waals surface area contributed by atoms with Crippen LogP contribution in [0, 0.1) is 6.92 Å². The first-order chi connectivity index (χ1) is 12.2. The van der Waals surface area contributed by atoms with Gasteiger partial charge in [0.15, 0.2) is 0 Å². The van der Waals surface area contributed by atoms with Gasteiger partial charge in [-0.25, -0.2) is 13.2 Å². The third-order valence-electron chi connectivity index (χ3n) is 3.36. The first kappa shape index (κ1) is 20.3. The number of sulfonamides is 1. The van der Waals surface area contributed by atoms with Crippen molar-refractivity contribution in [2.45, 2.75) is 18.7 Å². The maximum atomic E-state index is 12.7. The fourth-order valence-corrected chi connectivity index (χ4v) is 3.79. The summed E-state index contributed by atoms with van der Waals surface area (Å²) in [5, 5.41) is 0.388. The zero-order valence-electron chi connectivity index (χ0n) is 14.1. The molecule has 5 nitrogen and oxygen atoms in total. The van der Waals surface area contributed by atoms with Crippen LogP contribution in [-0.4, -0.2) is 21.0 Å². The maximum Gasteiger partial charge on any atom is 0.332 e. The maximum absolute atomic E-state index is 12.7. The van der Waals surface area contributed by atoms with E-state index in [-0.39, 0.29) is 32.8 Å². The first-order valence-electron chi connectivity index (χ1n) is 7.67. The number of benzene rings is 2. The summed E-state index contributed by atoms with van der Waals surface area (Å²) in [6.45, 7) is 3.63. The molecule has 0 aliphatic carbocycles. The molecule has 0 amide bonds. The number of nitrogens with one attached hydrogen (secondary N) is 1. The molecule has 0 atom stereocenters. The standard InChI is InChI=1S/C18H17Cl2NO4S/c1-3-25-17(22)11-16(18-14(19)5-4-6-15(18)20)21-26(23,24)13-9-7-12(2)8-10-13/h4-11,21H,3H2,1-2H3/b16-11-. The second-order valence-electron chi connectivity index (χ2n) is 5.33. The molecule has 0 heterocycles. The molecule has 0 aliphatic heterocycles. The van der Waals surface area contributed by atoms with E-state index in [2.05, 4.69) is 4.72 Å². The van der Waals surface area contributed by atoms with E-state index in [1.165, 1.54) is 12.1 Å². The highest BCUT2D eigenvalue weighted by atomic mass is 35.5. The number of carbonyl (C=O) groups is 1. The van der Waals surface area contributed by atoms with Crippen LogP contribution in [0.2, 0.25) is 10.0 Å². The van der Waals surface area contributed by atoms with Crippen molar-refractivity contribution in [3.8, 4) is 0 Å². The molecule has 2 aromatic rings. The van der Waals surface area contributed by atoms with Crippen LogP contribution in [0.5, 0.6) is 0 Å². The number of hydrogen-bond donors (Lipinski definition) is 1. The Morgan fingerprint density at radius 3 is 2.23 bits per heavy atom. The normalized spacial score (nSPS) is 11.9. The summed E-state index contributed by atoms with van der Waals surface area (Å²) in [6, 6.07) is 11.0. The van der Waals surface area contributed by atoms with Gasteiger partial charge in [-0.3, -0.25) is 4.72 Å². The van der Waals surface area contributed by atoms with E-state index in [1.807, 2.05) is 6.92 Å². The third-order valence-corrected chi connectivity index (χ3v) is 5.37. The summed E-state index contributed by atoms with van der Waals surface area (Å²) in [6.07, 6.45) is 1.02. The minimum absolute atomic E-state index is 0.0426. The second-order valence-corrected chi connectivity index (χ2v) is 7.82. The number of ether oxygens (including phenoxy) is 1. The van der Waals surface area contributed by atoms with Crippen molar-refractivity contribution in [3.63, 3.8) is 0 Å². The molecular formula is C18H17Cl2NO4S. The van der Waals surface area contributed by atoms with E-state index in [0.29, 0.717) is 0 Å². The van der Waals surface area contributed by atoms with Gasteiger partial charge in [-0.15, -0.1) is 0 Å². The van der Waals surface area contributed by atoms with Gasteiger partial charge in [0.25, 0.3) is 10.0 Å². The lowest BCUT2D eigenvalue weighted by Gasteiger charge is -2.15. The van der Waals surface area contributed by atoms with Gasteiger partial charge in [0.2, 0.25) is 0 Å². The van der Waals surface area contributed by atoms with Gasteiger partial charge in [0, 0.05) is 11.6 Å². The van der Waals surface area contributed by atoms with Gasteiger partial charge in [0.05, 0.1) is 27.2 Å². The predicted molar refractivity (Wildman–Crippen MR) is 103 cm³/mol. The summed E-state index contributed by atoms with van der Waals surface area (Å²) in [5.74, 6) is -0.718. The number of carbonyl (C=O) groups excluding carboxylic acids is 1. The van der Waals surface area contributed by atoms with Crippen LogP contribution in [0.1, 0.15) is 18.1 Å². The van der Waals surface area contributed by atoms with E-state index >= 15 is 0 Å².